The highest BCUT2D eigenvalue weighted by molar-refractivity contribution is 14.1. The van der Waals surface area contributed by atoms with Crippen molar-refractivity contribution in [1.82, 2.24) is 9.78 Å². The van der Waals surface area contributed by atoms with Crippen LogP contribution in [-0.4, -0.2) is 24.5 Å². The van der Waals surface area contributed by atoms with Crippen LogP contribution >= 0.6 is 22.6 Å². The van der Waals surface area contributed by atoms with Crippen LogP contribution in [0.15, 0.2) is 59.5 Å². The Hall–Kier alpha value is -1.81. The minimum atomic E-state index is -3.32. The van der Waals surface area contributed by atoms with Crippen LogP contribution in [0.3, 0.4) is 0 Å². The molecule has 0 radical (unpaired) electrons. The van der Waals surface area contributed by atoms with E-state index < -0.39 is 16.3 Å². The average molecular weight is 474 g/mol. The molecule has 8 heteroatoms. The van der Waals surface area contributed by atoms with Crippen molar-refractivity contribution in [2.24, 2.45) is 0 Å². The third-order valence-corrected chi connectivity index (χ3v) is 5.45. The summed E-state index contributed by atoms with van der Waals surface area (Å²) in [5.74, 6) is 0. The monoisotopic (exact) mass is 474 g/mol. The highest BCUT2D eigenvalue weighted by Gasteiger charge is 2.18. The third kappa shape index (κ3) is 3.90. The number of aromatic nitrogens is 2. The van der Waals surface area contributed by atoms with Crippen LogP contribution in [0.5, 0.6) is 0 Å². The molecule has 0 aliphatic rings. The highest BCUT2D eigenvalue weighted by Crippen LogP contribution is 2.29. The van der Waals surface area contributed by atoms with Gasteiger partial charge in [-0.05, 0) is 65.1 Å². The Kier molecular flexibility index (Phi) is 4.92. The zero-order valence-electron chi connectivity index (χ0n) is 13.0. The van der Waals surface area contributed by atoms with Crippen LogP contribution in [0.2, 0.25) is 0 Å². The molecule has 0 atom stereocenters. The molecule has 130 valence electrons. The molecule has 0 aliphatic carbocycles. The van der Waals surface area contributed by atoms with Crippen LogP contribution in [0, 0.1) is 3.57 Å². The molecule has 0 bridgehead atoms. The van der Waals surface area contributed by atoms with Gasteiger partial charge in [-0.2, -0.15) is 5.10 Å². The molecule has 1 aromatic heterocycles. The van der Waals surface area contributed by atoms with Gasteiger partial charge in [-0.25, -0.2) is 21.9 Å². The van der Waals surface area contributed by atoms with Gasteiger partial charge in [0.1, 0.15) is 5.69 Å². The Morgan fingerprint density at radius 2 is 1.64 bits per heavy atom. The maximum Gasteiger partial charge on any atom is 0.282 e. The van der Waals surface area contributed by atoms with Crippen molar-refractivity contribution in [3.63, 3.8) is 0 Å². The first-order valence-corrected chi connectivity index (χ1v) is 10.2. The lowest BCUT2D eigenvalue weighted by Crippen LogP contribution is -2.00. The predicted octanol–water partition coefficient (Wildman–Crippen LogP) is 4.49. The molecule has 0 saturated heterocycles. The lowest BCUT2D eigenvalue weighted by atomic mass is 10.1. The smallest absolute Gasteiger partial charge is 0.233 e. The molecule has 0 unspecified atom stereocenters. The zero-order valence-corrected chi connectivity index (χ0v) is 16.0. The van der Waals surface area contributed by atoms with Crippen molar-refractivity contribution < 1.29 is 17.2 Å². The number of sulfone groups is 1. The van der Waals surface area contributed by atoms with E-state index in [4.69, 9.17) is 0 Å². The fourth-order valence-electron chi connectivity index (χ4n) is 2.36. The largest absolute Gasteiger partial charge is 0.282 e. The van der Waals surface area contributed by atoms with Crippen LogP contribution in [0.25, 0.3) is 16.9 Å². The second-order valence-electron chi connectivity index (χ2n) is 5.44. The Labute approximate surface area is 157 Å². The van der Waals surface area contributed by atoms with Crippen LogP contribution in [0.4, 0.5) is 8.78 Å². The van der Waals surface area contributed by atoms with Gasteiger partial charge in [-0.15, -0.1) is 0 Å². The van der Waals surface area contributed by atoms with Gasteiger partial charge in [-0.1, -0.05) is 12.1 Å². The minimum Gasteiger partial charge on any atom is -0.233 e. The van der Waals surface area contributed by atoms with E-state index in [9.17, 15) is 17.2 Å². The molecule has 0 aliphatic heterocycles. The van der Waals surface area contributed by atoms with Crippen LogP contribution in [0.1, 0.15) is 12.1 Å². The number of benzene rings is 2. The maximum absolute atomic E-state index is 13.1. The molecular formula is C17H13F2IN2O2S. The SMILES string of the molecule is CS(=O)(=O)c1ccc(-c2cc(C(F)F)nn2-c2ccc(I)cc2)cc1. The predicted molar refractivity (Wildman–Crippen MR) is 99.8 cm³/mol. The Morgan fingerprint density at radius 1 is 1.04 bits per heavy atom. The maximum atomic E-state index is 13.1. The summed E-state index contributed by atoms with van der Waals surface area (Å²) >= 11 is 2.16. The minimum absolute atomic E-state index is 0.172. The Bertz CT molecular complexity index is 998. The first kappa shape index (κ1) is 18.0. The van der Waals surface area contributed by atoms with E-state index in [-0.39, 0.29) is 10.6 Å². The van der Waals surface area contributed by atoms with E-state index in [1.807, 2.05) is 12.1 Å². The van der Waals surface area contributed by atoms with Crippen LogP contribution < -0.4 is 0 Å². The fraction of sp³-hybridized carbons (Fsp3) is 0.118. The van der Waals surface area contributed by atoms with E-state index >= 15 is 0 Å². The molecule has 0 saturated carbocycles. The van der Waals surface area contributed by atoms with Crippen molar-refractivity contribution in [3.8, 4) is 16.9 Å². The zero-order chi connectivity index (χ0) is 18.2. The normalized spacial score (nSPS) is 11.9. The van der Waals surface area contributed by atoms with Crippen LogP contribution in [-0.2, 0) is 9.84 Å². The van der Waals surface area contributed by atoms with Gasteiger partial charge in [0.05, 0.1) is 16.3 Å². The number of halogens is 3. The molecule has 0 N–H and O–H groups in total. The molecule has 0 fully saturated rings. The van der Waals surface area contributed by atoms with E-state index in [1.165, 1.54) is 22.9 Å². The van der Waals surface area contributed by atoms with Crippen molar-refractivity contribution in [2.75, 3.05) is 6.26 Å². The molecular weight excluding hydrogens is 461 g/mol. The lowest BCUT2D eigenvalue weighted by molar-refractivity contribution is 0.145. The number of hydrogen-bond donors (Lipinski definition) is 0. The number of alkyl halides is 2. The summed E-state index contributed by atoms with van der Waals surface area (Å²) in [5, 5.41) is 4.00. The van der Waals surface area contributed by atoms with Gasteiger partial charge < -0.3 is 0 Å². The number of rotatable bonds is 4. The van der Waals surface area contributed by atoms with Crippen molar-refractivity contribution in [1.29, 1.82) is 0 Å². The second kappa shape index (κ2) is 6.83. The van der Waals surface area contributed by atoms with Crippen molar-refractivity contribution >= 4 is 32.4 Å². The third-order valence-electron chi connectivity index (χ3n) is 3.60. The van der Waals surface area contributed by atoms with Gasteiger partial charge in [0.2, 0.25) is 0 Å². The summed E-state index contributed by atoms with van der Waals surface area (Å²) in [6.45, 7) is 0. The van der Waals surface area contributed by atoms with Crippen molar-refractivity contribution in [2.45, 2.75) is 11.3 Å². The number of nitrogens with zero attached hydrogens (tertiary/aromatic N) is 2. The van der Waals surface area contributed by atoms with Crippen molar-refractivity contribution in [3.05, 3.63) is 63.9 Å². The summed E-state index contributed by atoms with van der Waals surface area (Å²) in [6, 6.07) is 14.7. The highest BCUT2D eigenvalue weighted by atomic mass is 127. The second-order valence-corrected chi connectivity index (χ2v) is 8.70. The average Bonchev–Trinajstić information content (AvgIpc) is 3.00. The molecule has 0 amide bonds. The molecule has 0 spiro atoms. The summed E-state index contributed by atoms with van der Waals surface area (Å²) < 4.78 is 51.8. The molecule has 4 nitrogen and oxygen atoms in total. The standard InChI is InChI=1S/C17H13F2IN2O2S/c1-25(23,24)14-8-2-11(3-9-14)16-10-15(17(18)19)21-22(16)13-6-4-12(20)5-7-13/h2-10,17H,1H3. The summed E-state index contributed by atoms with van der Waals surface area (Å²) in [5.41, 5.74) is 1.39. The first-order chi connectivity index (χ1) is 11.8. The molecule has 25 heavy (non-hydrogen) atoms. The van der Waals surface area contributed by atoms with Gasteiger partial charge >= 0.3 is 0 Å². The topological polar surface area (TPSA) is 52.0 Å². The van der Waals surface area contributed by atoms with E-state index in [1.54, 1.807) is 24.3 Å². The van der Waals surface area contributed by atoms with E-state index in [0.717, 1.165) is 9.83 Å². The Morgan fingerprint density at radius 3 is 2.16 bits per heavy atom. The van der Waals surface area contributed by atoms with Gasteiger partial charge in [0.25, 0.3) is 6.43 Å². The van der Waals surface area contributed by atoms with Gasteiger partial charge in [0.15, 0.2) is 9.84 Å². The van der Waals surface area contributed by atoms with E-state index in [2.05, 4.69) is 27.7 Å². The summed E-state index contributed by atoms with van der Waals surface area (Å²) in [4.78, 5) is 0.172. The Balaban J connectivity index is 2.13. The van der Waals surface area contributed by atoms with Gasteiger partial charge in [-0.3, -0.25) is 0 Å². The molecule has 2 aromatic carbocycles. The quantitative estimate of drug-likeness (QED) is 0.524. The summed E-state index contributed by atoms with van der Waals surface area (Å²) in [6.07, 6.45) is -1.58. The molecule has 1 heterocycles. The number of hydrogen-bond acceptors (Lipinski definition) is 3. The van der Waals surface area contributed by atoms with E-state index in [0.29, 0.717) is 16.9 Å². The molecule has 3 aromatic rings. The van der Waals surface area contributed by atoms with Gasteiger partial charge in [0, 0.05) is 15.4 Å². The lowest BCUT2D eigenvalue weighted by Gasteiger charge is -2.08. The fourth-order valence-corrected chi connectivity index (χ4v) is 3.35. The summed E-state index contributed by atoms with van der Waals surface area (Å²) in [7, 11) is -3.32. The first-order valence-electron chi connectivity index (χ1n) is 7.20. The molecule has 3 rings (SSSR count).